The van der Waals surface area contributed by atoms with Gasteiger partial charge in [0, 0.05) is 25.5 Å². The number of ether oxygens (including phenoxy) is 1. The van der Waals surface area contributed by atoms with Crippen molar-refractivity contribution < 1.29 is 18.3 Å². The second-order valence-electron chi connectivity index (χ2n) is 5.70. The lowest BCUT2D eigenvalue weighted by molar-refractivity contribution is -0.120. The van der Waals surface area contributed by atoms with Crippen LogP contribution >= 0.6 is 0 Å². The van der Waals surface area contributed by atoms with Gasteiger partial charge in [0.05, 0.1) is 11.6 Å². The summed E-state index contributed by atoms with van der Waals surface area (Å²) in [6.45, 7) is -1.69. The summed E-state index contributed by atoms with van der Waals surface area (Å²) in [4.78, 5) is 22.9. The maximum absolute atomic E-state index is 12.6. The molecule has 2 aromatic rings. The van der Waals surface area contributed by atoms with Gasteiger partial charge in [0.2, 0.25) is 11.9 Å². The van der Waals surface area contributed by atoms with E-state index in [2.05, 4.69) is 20.0 Å². The highest BCUT2D eigenvalue weighted by Crippen LogP contribution is 2.27. The van der Waals surface area contributed by atoms with Crippen molar-refractivity contribution in [1.82, 2.24) is 9.97 Å². The van der Waals surface area contributed by atoms with Crippen molar-refractivity contribution >= 4 is 17.5 Å². The van der Waals surface area contributed by atoms with Crippen LogP contribution in [0, 0.1) is 5.92 Å². The number of hydrogen-bond acceptors (Lipinski definition) is 5. The molecular formula is C17H18F2N4O2. The fourth-order valence-corrected chi connectivity index (χ4v) is 2.83. The van der Waals surface area contributed by atoms with Crippen LogP contribution in [-0.2, 0) is 4.79 Å². The molecule has 1 aliphatic heterocycles. The number of benzene rings is 1. The second-order valence-corrected chi connectivity index (χ2v) is 5.70. The molecule has 1 aromatic heterocycles. The number of aromatic nitrogens is 2. The first-order valence-electron chi connectivity index (χ1n) is 8.00. The first-order chi connectivity index (χ1) is 12.1. The summed E-state index contributed by atoms with van der Waals surface area (Å²) in [7, 11) is 0. The van der Waals surface area contributed by atoms with E-state index in [1.807, 2.05) is 4.90 Å². The van der Waals surface area contributed by atoms with Crippen molar-refractivity contribution in [3.8, 4) is 5.75 Å². The number of carbonyl (C=O) groups is 1. The highest BCUT2D eigenvalue weighted by atomic mass is 19.3. The number of para-hydroxylation sites is 2. The second kappa shape index (κ2) is 7.87. The Hall–Kier alpha value is -2.77. The van der Waals surface area contributed by atoms with Gasteiger partial charge in [0.15, 0.2) is 0 Å². The quantitative estimate of drug-likeness (QED) is 0.900. The van der Waals surface area contributed by atoms with Crippen molar-refractivity contribution in [2.75, 3.05) is 23.3 Å². The Bertz CT molecular complexity index is 715. The van der Waals surface area contributed by atoms with E-state index in [0.29, 0.717) is 18.9 Å². The lowest BCUT2D eigenvalue weighted by Crippen LogP contribution is -2.41. The van der Waals surface area contributed by atoms with E-state index in [9.17, 15) is 13.6 Å². The Morgan fingerprint density at radius 1 is 1.24 bits per heavy atom. The van der Waals surface area contributed by atoms with Gasteiger partial charge in [-0.2, -0.15) is 8.78 Å². The number of rotatable bonds is 5. The lowest BCUT2D eigenvalue weighted by atomic mass is 9.97. The van der Waals surface area contributed by atoms with Gasteiger partial charge in [0.1, 0.15) is 5.75 Å². The summed E-state index contributed by atoms with van der Waals surface area (Å²) in [5.41, 5.74) is 0.237. The number of alkyl halides is 2. The van der Waals surface area contributed by atoms with Crippen LogP contribution in [0.25, 0.3) is 0 Å². The van der Waals surface area contributed by atoms with Crippen LogP contribution in [0.3, 0.4) is 0 Å². The van der Waals surface area contributed by atoms with E-state index < -0.39 is 6.61 Å². The van der Waals surface area contributed by atoms with Crippen LogP contribution in [0.5, 0.6) is 5.75 Å². The molecule has 1 atom stereocenters. The molecule has 1 aromatic carbocycles. The summed E-state index contributed by atoms with van der Waals surface area (Å²) in [5, 5.41) is 2.69. The minimum atomic E-state index is -2.95. The molecule has 0 unspecified atom stereocenters. The molecule has 0 spiro atoms. The SMILES string of the molecule is O=C(Nc1ccccc1OC(F)F)[C@@H]1CCCN(c2ncccn2)C1. The smallest absolute Gasteiger partial charge is 0.387 e. The number of nitrogens with one attached hydrogen (secondary N) is 1. The Morgan fingerprint density at radius 2 is 2.00 bits per heavy atom. The molecule has 1 fully saturated rings. The average molecular weight is 348 g/mol. The number of anilines is 2. The monoisotopic (exact) mass is 348 g/mol. The van der Waals surface area contributed by atoms with Crippen molar-refractivity contribution in [1.29, 1.82) is 0 Å². The molecule has 25 heavy (non-hydrogen) atoms. The predicted molar refractivity (Wildman–Crippen MR) is 88.7 cm³/mol. The van der Waals surface area contributed by atoms with E-state index in [1.165, 1.54) is 12.1 Å². The van der Waals surface area contributed by atoms with Crippen LogP contribution in [-0.4, -0.2) is 35.6 Å². The summed E-state index contributed by atoms with van der Waals surface area (Å²) in [6.07, 6.45) is 4.85. The molecule has 0 bridgehead atoms. The number of halogens is 2. The molecule has 1 N–H and O–H groups in total. The largest absolute Gasteiger partial charge is 0.433 e. The number of amides is 1. The van der Waals surface area contributed by atoms with Crippen LogP contribution < -0.4 is 15.0 Å². The molecule has 2 heterocycles. The third-order valence-corrected chi connectivity index (χ3v) is 3.99. The molecule has 6 nitrogen and oxygen atoms in total. The molecule has 132 valence electrons. The van der Waals surface area contributed by atoms with Gasteiger partial charge in [0.25, 0.3) is 0 Å². The molecular weight excluding hydrogens is 330 g/mol. The fourth-order valence-electron chi connectivity index (χ4n) is 2.83. The first kappa shape index (κ1) is 17.1. The normalized spacial score (nSPS) is 17.4. The Labute approximate surface area is 143 Å². The maximum atomic E-state index is 12.6. The van der Waals surface area contributed by atoms with Gasteiger partial charge in [-0.1, -0.05) is 12.1 Å². The van der Waals surface area contributed by atoms with Crippen LogP contribution in [0.1, 0.15) is 12.8 Å². The molecule has 1 amide bonds. The number of nitrogens with zero attached hydrogens (tertiary/aromatic N) is 3. The van der Waals surface area contributed by atoms with Crippen LogP contribution in [0.15, 0.2) is 42.7 Å². The zero-order chi connectivity index (χ0) is 17.6. The minimum absolute atomic E-state index is 0.0510. The van der Waals surface area contributed by atoms with Crippen molar-refractivity contribution in [3.05, 3.63) is 42.7 Å². The van der Waals surface area contributed by atoms with E-state index in [-0.39, 0.29) is 23.3 Å². The standard InChI is InChI=1S/C17H18F2N4O2/c18-16(19)25-14-7-2-1-6-13(14)22-15(24)12-5-3-10-23(11-12)17-20-8-4-9-21-17/h1-2,4,6-9,12,16H,3,5,10-11H2,(H,22,24)/t12-/m1/s1. The van der Waals surface area contributed by atoms with Gasteiger partial charge in [-0.15, -0.1) is 0 Å². The van der Waals surface area contributed by atoms with Gasteiger partial charge in [-0.3, -0.25) is 4.79 Å². The molecule has 1 aliphatic rings. The molecule has 0 radical (unpaired) electrons. The zero-order valence-electron chi connectivity index (χ0n) is 13.4. The van der Waals surface area contributed by atoms with Gasteiger partial charge in [-0.05, 0) is 31.0 Å². The third-order valence-electron chi connectivity index (χ3n) is 3.99. The molecule has 8 heteroatoms. The molecule has 1 saturated heterocycles. The third kappa shape index (κ3) is 4.40. The Kier molecular flexibility index (Phi) is 5.37. The topological polar surface area (TPSA) is 67.3 Å². The van der Waals surface area contributed by atoms with Crippen molar-refractivity contribution in [3.63, 3.8) is 0 Å². The summed E-state index contributed by atoms with van der Waals surface area (Å²) >= 11 is 0. The summed E-state index contributed by atoms with van der Waals surface area (Å²) in [5.74, 6) is 0.0226. The first-order valence-corrected chi connectivity index (χ1v) is 8.00. The Morgan fingerprint density at radius 3 is 2.76 bits per heavy atom. The number of hydrogen-bond donors (Lipinski definition) is 1. The Balaban J connectivity index is 1.67. The zero-order valence-corrected chi connectivity index (χ0v) is 13.4. The number of piperidine rings is 1. The highest BCUT2D eigenvalue weighted by Gasteiger charge is 2.27. The highest BCUT2D eigenvalue weighted by molar-refractivity contribution is 5.94. The summed E-state index contributed by atoms with van der Waals surface area (Å²) < 4.78 is 29.4. The van der Waals surface area contributed by atoms with Gasteiger partial charge >= 0.3 is 6.61 Å². The lowest BCUT2D eigenvalue weighted by Gasteiger charge is -2.32. The van der Waals surface area contributed by atoms with Crippen LogP contribution in [0.4, 0.5) is 20.4 Å². The minimum Gasteiger partial charge on any atom is -0.433 e. The maximum Gasteiger partial charge on any atom is 0.387 e. The molecule has 0 aliphatic carbocycles. The van der Waals surface area contributed by atoms with E-state index >= 15 is 0 Å². The molecule has 3 rings (SSSR count). The van der Waals surface area contributed by atoms with E-state index in [0.717, 1.165) is 13.0 Å². The van der Waals surface area contributed by atoms with E-state index in [4.69, 9.17) is 0 Å². The average Bonchev–Trinajstić information content (AvgIpc) is 2.64. The number of carbonyl (C=O) groups excluding carboxylic acids is 1. The van der Waals surface area contributed by atoms with E-state index in [1.54, 1.807) is 30.6 Å². The fraction of sp³-hybridized carbons (Fsp3) is 0.353. The summed E-state index contributed by atoms with van der Waals surface area (Å²) in [6, 6.07) is 7.89. The predicted octanol–water partition coefficient (Wildman–Crippen LogP) is 2.93. The van der Waals surface area contributed by atoms with Gasteiger partial charge < -0.3 is 15.0 Å². The van der Waals surface area contributed by atoms with Crippen molar-refractivity contribution in [2.45, 2.75) is 19.5 Å². The van der Waals surface area contributed by atoms with Crippen molar-refractivity contribution in [2.24, 2.45) is 5.92 Å². The van der Waals surface area contributed by atoms with Gasteiger partial charge in [-0.25, -0.2) is 9.97 Å². The van der Waals surface area contributed by atoms with Crippen LogP contribution in [0.2, 0.25) is 0 Å². The molecule has 0 saturated carbocycles.